The van der Waals surface area contributed by atoms with Gasteiger partial charge in [0.2, 0.25) is 0 Å². The maximum absolute atomic E-state index is 12.9. The summed E-state index contributed by atoms with van der Waals surface area (Å²) in [7, 11) is -3.96. The monoisotopic (exact) mass is 507 g/mol. The summed E-state index contributed by atoms with van der Waals surface area (Å²) in [6.07, 6.45) is -0.152. The molecule has 178 valence electrons. The highest BCUT2D eigenvalue weighted by molar-refractivity contribution is 8.50. The lowest BCUT2D eigenvalue weighted by Gasteiger charge is -2.56. The Morgan fingerprint density at radius 2 is 1.50 bits per heavy atom. The molecule has 1 heterocycles. The van der Waals surface area contributed by atoms with Gasteiger partial charge in [0.05, 0.1) is 31.6 Å². The predicted molar refractivity (Wildman–Crippen MR) is 145 cm³/mol. The van der Waals surface area contributed by atoms with Crippen molar-refractivity contribution in [2.75, 3.05) is 32.1 Å². The third-order valence-electron chi connectivity index (χ3n) is 6.67. The third kappa shape index (κ3) is 6.06. The second kappa shape index (κ2) is 10.6. The van der Waals surface area contributed by atoms with E-state index in [1.54, 1.807) is 0 Å². The van der Waals surface area contributed by atoms with Crippen LogP contribution in [-0.2, 0) is 9.47 Å². The Kier molecular flexibility index (Phi) is 10.0. The Morgan fingerprint density at radius 3 is 1.90 bits per heavy atom. The zero-order valence-corrected chi connectivity index (χ0v) is 26.7. The van der Waals surface area contributed by atoms with E-state index in [4.69, 9.17) is 9.47 Å². The van der Waals surface area contributed by atoms with Crippen LogP contribution in [0.2, 0.25) is 58.9 Å². The maximum Gasteiger partial charge on any atom is 0.410 e. The topological polar surface area (TPSA) is 38.8 Å². The summed E-state index contributed by atoms with van der Waals surface area (Å²) in [5.41, 5.74) is 0. The van der Waals surface area contributed by atoms with Gasteiger partial charge in [-0.25, -0.2) is 4.79 Å². The van der Waals surface area contributed by atoms with Crippen LogP contribution in [0.25, 0.3) is 0 Å². The molecule has 9 heteroatoms. The lowest BCUT2D eigenvalue weighted by molar-refractivity contribution is 0.0789. The molecule has 1 amide bonds. The Bertz CT molecular complexity index is 534. The minimum absolute atomic E-state index is 0.145. The molecule has 0 aliphatic carbocycles. The molecule has 0 spiro atoms. The van der Waals surface area contributed by atoms with E-state index >= 15 is 0 Å². The van der Waals surface area contributed by atoms with Crippen molar-refractivity contribution in [3.8, 4) is 0 Å². The first-order valence-electron chi connectivity index (χ1n) is 11.7. The Morgan fingerprint density at radius 1 is 1.00 bits per heavy atom. The van der Waals surface area contributed by atoms with Crippen LogP contribution in [0, 0.1) is 11.8 Å². The quantitative estimate of drug-likeness (QED) is 0.338. The van der Waals surface area contributed by atoms with Crippen LogP contribution in [0.4, 0.5) is 4.79 Å². The molecular formula is C21H49NO3SSi4. The van der Waals surface area contributed by atoms with Crippen molar-refractivity contribution < 1.29 is 14.3 Å². The highest BCUT2D eigenvalue weighted by Gasteiger charge is 2.62. The van der Waals surface area contributed by atoms with Crippen molar-refractivity contribution in [3.63, 3.8) is 0 Å². The van der Waals surface area contributed by atoms with Gasteiger partial charge >= 0.3 is 6.09 Å². The first-order chi connectivity index (χ1) is 13.5. The summed E-state index contributed by atoms with van der Waals surface area (Å²) in [5, 5.41) is 0. The molecule has 1 saturated heterocycles. The molecule has 1 fully saturated rings. The SMILES string of the molecule is CCOC(=O)N(CCS[Si]([Si](C)(C)C)([Si](C)(C)C)[Si](C)(C)C)[C@@H]1COC[C@H]1C(C)C. The van der Waals surface area contributed by atoms with Gasteiger partial charge < -0.3 is 14.4 Å². The zero-order valence-electron chi connectivity index (χ0n) is 21.8. The number of carbonyl (C=O) groups excluding carboxylic acids is 1. The predicted octanol–water partition coefficient (Wildman–Crippen LogP) is 6.04. The van der Waals surface area contributed by atoms with E-state index in [1.165, 1.54) is 0 Å². The second-order valence-electron chi connectivity index (χ2n) is 12.2. The molecule has 1 rings (SSSR count). The second-order valence-corrected chi connectivity index (χ2v) is 58.5. The average molecular weight is 508 g/mol. The number of carbonyl (C=O) groups is 1. The molecule has 0 bridgehead atoms. The highest BCUT2D eigenvalue weighted by Crippen LogP contribution is 2.45. The molecule has 0 radical (unpaired) electrons. The summed E-state index contributed by atoms with van der Waals surface area (Å²) >= 11 is 2.36. The van der Waals surface area contributed by atoms with Gasteiger partial charge in [-0.2, -0.15) is 11.2 Å². The molecule has 0 aromatic rings. The molecule has 0 aromatic carbocycles. The fourth-order valence-corrected chi connectivity index (χ4v) is 116. The van der Waals surface area contributed by atoms with Gasteiger partial charge in [-0.1, -0.05) is 72.8 Å². The third-order valence-corrected chi connectivity index (χ3v) is 95.7. The molecule has 2 atom stereocenters. The first kappa shape index (κ1) is 28.5. The van der Waals surface area contributed by atoms with Crippen molar-refractivity contribution >= 4 is 45.9 Å². The molecule has 0 N–H and O–H groups in total. The normalized spacial score (nSPS) is 21.2. The minimum Gasteiger partial charge on any atom is -0.450 e. The van der Waals surface area contributed by atoms with Gasteiger partial charge in [0.1, 0.15) is 0 Å². The van der Waals surface area contributed by atoms with Crippen molar-refractivity contribution in [3.05, 3.63) is 0 Å². The minimum atomic E-state index is -1.48. The van der Waals surface area contributed by atoms with Gasteiger partial charge in [-0.3, -0.25) is 0 Å². The van der Waals surface area contributed by atoms with E-state index in [2.05, 4.69) is 84.0 Å². The van der Waals surface area contributed by atoms with E-state index in [9.17, 15) is 4.79 Å². The van der Waals surface area contributed by atoms with Gasteiger partial charge in [0, 0.05) is 41.0 Å². The summed E-state index contributed by atoms with van der Waals surface area (Å²) in [4.78, 5) is 14.9. The fourth-order valence-electron chi connectivity index (χ4n) is 6.44. The van der Waals surface area contributed by atoms with E-state index < -0.39 is 28.6 Å². The Hall–Kier alpha value is 0.448. The highest BCUT2D eigenvalue weighted by atomic mass is 32.4. The number of ether oxygens (including phenoxy) is 2. The van der Waals surface area contributed by atoms with E-state index in [1.807, 2.05) is 11.8 Å². The fraction of sp³-hybridized carbons (Fsp3) is 0.952. The summed E-state index contributed by atoms with van der Waals surface area (Å²) in [6, 6.07) is 0.145. The first-order valence-corrected chi connectivity index (χ1v) is 28.9. The van der Waals surface area contributed by atoms with Crippen LogP contribution in [0.1, 0.15) is 20.8 Å². The van der Waals surface area contributed by atoms with Gasteiger partial charge in [0.15, 0.2) is 0 Å². The number of nitrogens with zero attached hydrogens (tertiary/aromatic N) is 1. The van der Waals surface area contributed by atoms with E-state index in [0.717, 1.165) is 18.9 Å². The standard InChI is InChI=1S/C21H49NO3SSi4/c1-13-25-21(23)22(20-17-24-16-19(20)18(2)3)14-15-26-30(27(4,5)6,28(7,8)9)29(10,11)12/h18-20H,13-17H2,1-12H3/t19-,20+/m0/s1. The van der Waals surface area contributed by atoms with Crippen LogP contribution in [-0.4, -0.2) is 77.7 Å². The van der Waals surface area contributed by atoms with Crippen LogP contribution in [0.3, 0.4) is 0 Å². The zero-order chi connectivity index (χ0) is 23.5. The molecule has 0 aromatic heterocycles. The van der Waals surface area contributed by atoms with Crippen LogP contribution >= 0.6 is 11.2 Å². The van der Waals surface area contributed by atoms with Crippen molar-refractivity contribution in [2.24, 2.45) is 11.8 Å². The summed E-state index contributed by atoms with van der Waals surface area (Å²) in [6.45, 7) is 32.7. The number of rotatable bonds is 10. The smallest absolute Gasteiger partial charge is 0.410 e. The lowest BCUT2D eigenvalue weighted by atomic mass is 9.90. The molecule has 1 aliphatic heterocycles. The van der Waals surface area contributed by atoms with Gasteiger partial charge in [-0.05, 0) is 12.8 Å². The van der Waals surface area contributed by atoms with Gasteiger partial charge in [0.25, 0.3) is 0 Å². The van der Waals surface area contributed by atoms with Crippen LogP contribution < -0.4 is 0 Å². The largest absolute Gasteiger partial charge is 0.450 e. The van der Waals surface area contributed by atoms with Crippen LogP contribution in [0.5, 0.6) is 0 Å². The molecule has 4 nitrogen and oxygen atoms in total. The summed E-state index contributed by atoms with van der Waals surface area (Å²) in [5.74, 6) is 0.468. The van der Waals surface area contributed by atoms with E-state index in [-0.39, 0.29) is 12.1 Å². The van der Waals surface area contributed by atoms with Crippen molar-refractivity contribution in [1.82, 2.24) is 4.90 Å². The van der Waals surface area contributed by atoms with E-state index in [0.29, 0.717) is 25.0 Å². The lowest BCUT2D eigenvalue weighted by Crippen LogP contribution is -2.81. The van der Waals surface area contributed by atoms with Gasteiger partial charge in [-0.15, -0.1) is 0 Å². The molecular weight excluding hydrogens is 459 g/mol. The van der Waals surface area contributed by atoms with Crippen LogP contribution in [0.15, 0.2) is 0 Å². The number of hydrogen-bond acceptors (Lipinski definition) is 4. The number of amides is 1. The number of hydrogen-bond donors (Lipinski definition) is 0. The summed E-state index contributed by atoms with van der Waals surface area (Å²) < 4.78 is 11.3. The molecule has 0 saturated carbocycles. The molecule has 30 heavy (non-hydrogen) atoms. The Balaban J connectivity index is 3.16. The maximum atomic E-state index is 12.9. The Labute approximate surface area is 194 Å². The van der Waals surface area contributed by atoms with Crippen molar-refractivity contribution in [2.45, 2.75) is 85.7 Å². The molecule has 1 aliphatic rings. The van der Waals surface area contributed by atoms with Crippen molar-refractivity contribution in [1.29, 1.82) is 0 Å². The molecule has 0 unspecified atom stereocenters. The average Bonchev–Trinajstić information content (AvgIpc) is 3.00.